The molecule has 27 heavy (non-hydrogen) atoms. The standard InChI is InChI=1S/C21H20ClNO4/c1-12(11-24)27-17-6-4-16(19(22)9-17)10-23-14(3)13(2)18-8-15(21(25)26)5-7-20(18)23/h4-9,11-12H,10H2,1-3H3,(H,25,26)/t12-/m0/s1. The molecule has 0 spiro atoms. The van der Waals surface area contributed by atoms with E-state index in [4.69, 9.17) is 16.3 Å². The second kappa shape index (κ2) is 7.45. The maximum Gasteiger partial charge on any atom is 0.335 e. The minimum absolute atomic E-state index is 0.270. The van der Waals surface area contributed by atoms with Gasteiger partial charge in [-0.3, -0.25) is 4.79 Å². The number of carboxylic acid groups (broad SMARTS) is 1. The summed E-state index contributed by atoms with van der Waals surface area (Å²) in [6, 6.07) is 10.5. The highest BCUT2D eigenvalue weighted by atomic mass is 35.5. The van der Waals surface area contributed by atoms with Crippen LogP contribution in [0.1, 0.15) is 34.1 Å². The molecular weight excluding hydrogens is 366 g/mol. The number of carboxylic acids is 1. The number of carbonyl (C=O) groups is 2. The van der Waals surface area contributed by atoms with Crippen LogP contribution in [0.25, 0.3) is 10.9 Å². The van der Waals surface area contributed by atoms with Gasteiger partial charge in [0.1, 0.15) is 5.75 Å². The van der Waals surface area contributed by atoms with Gasteiger partial charge in [0.05, 0.1) is 5.56 Å². The summed E-state index contributed by atoms with van der Waals surface area (Å²) in [5.41, 5.74) is 4.24. The van der Waals surface area contributed by atoms with Crippen molar-refractivity contribution < 1.29 is 19.4 Å². The van der Waals surface area contributed by atoms with E-state index in [9.17, 15) is 14.7 Å². The fourth-order valence-corrected chi connectivity index (χ4v) is 3.36. The number of nitrogens with zero attached hydrogens (tertiary/aromatic N) is 1. The summed E-state index contributed by atoms with van der Waals surface area (Å²) < 4.78 is 7.59. The van der Waals surface area contributed by atoms with E-state index in [0.717, 1.165) is 34.0 Å². The first-order valence-electron chi connectivity index (χ1n) is 8.55. The van der Waals surface area contributed by atoms with E-state index < -0.39 is 12.1 Å². The Balaban J connectivity index is 1.98. The van der Waals surface area contributed by atoms with Gasteiger partial charge in [-0.05, 0) is 62.2 Å². The third kappa shape index (κ3) is 3.69. The summed E-state index contributed by atoms with van der Waals surface area (Å²) in [6.07, 6.45) is 0.194. The van der Waals surface area contributed by atoms with Gasteiger partial charge in [0, 0.05) is 28.2 Å². The lowest BCUT2D eigenvalue weighted by Gasteiger charge is -2.13. The maximum atomic E-state index is 11.3. The number of aryl methyl sites for hydroxylation is 1. The Morgan fingerprint density at radius 3 is 2.63 bits per heavy atom. The van der Waals surface area contributed by atoms with Crippen molar-refractivity contribution in [2.75, 3.05) is 0 Å². The van der Waals surface area contributed by atoms with Gasteiger partial charge in [-0.1, -0.05) is 17.7 Å². The maximum absolute atomic E-state index is 11.3. The number of rotatable bonds is 6. The minimum Gasteiger partial charge on any atom is -0.483 e. The van der Waals surface area contributed by atoms with Gasteiger partial charge in [0.15, 0.2) is 12.4 Å². The predicted octanol–water partition coefficient (Wildman–Crippen LogP) is 4.62. The molecule has 0 amide bonds. The zero-order chi connectivity index (χ0) is 19.7. The Hall–Kier alpha value is -2.79. The second-order valence-electron chi connectivity index (χ2n) is 6.55. The Morgan fingerprint density at radius 2 is 2.00 bits per heavy atom. The lowest BCUT2D eigenvalue weighted by atomic mass is 10.1. The number of aromatic nitrogens is 1. The SMILES string of the molecule is Cc1c(C)n(Cc2ccc(O[C@@H](C)C=O)cc2Cl)c2ccc(C(=O)O)cc12. The van der Waals surface area contributed by atoms with Crippen molar-refractivity contribution in [1.82, 2.24) is 4.57 Å². The summed E-state index contributed by atoms with van der Waals surface area (Å²) in [6.45, 7) is 6.20. The Labute approximate surface area is 162 Å². The first-order valence-corrected chi connectivity index (χ1v) is 8.92. The second-order valence-corrected chi connectivity index (χ2v) is 6.95. The largest absolute Gasteiger partial charge is 0.483 e. The summed E-state index contributed by atoms with van der Waals surface area (Å²) >= 11 is 6.42. The third-order valence-electron chi connectivity index (χ3n) is 4.75. The molecule has 5 nitrogen and oxygen atoms in total. The average molecular weight is 386 g/mol. The molecule has 3 aromatic rings. The molecule has 0 aliphatic heterocycles. The first kappa shape index (κ1) is 19.0. The smallest absolute Gasteiger partial charge is 0.335 e. The quantitative estimate of drug-likeness (QED) is 0.628. The molecule has 2 aromatic carbocycles. The number of fused-ring (bicyclic) bond motifs is 1. The molecule has 0 bridgehead atoms. The van der Waals surface area contributed by atoms with E-state index in [1.165, 1.54) is 0 Å². The molecule has 0 radical (unpaired) electrons. The molecule has 1 aromatic heterocycles. The van der Waals surface area contributed by atoms with Crippen molar-refractivity contribution in [2.45, 2.75) is 33.4 Å². The number of aldehydes is 1. The van der Waals surface area contributed by atoms with Crippen molar-refractivity contribution >= 4 is 34.8 Å². The minimum atomic E-state index is -0.940. The molecule has 0 aliphatic rings. The molecule has 3 rings (SSSR count). The number of halogens is 1. The van der Waals surface area contributed by atoms with Crippen LogP contribution >= 0.6 is 11.6 Å². The molecule has 6 heteroatoms. The predicted molar refractivity (Wildman–Crippen MR) is 105 cm³/mol. The number of hydrogen-bond acceptors (Lipinski definition) is 3. The molecule has 0 saturated carbocycles. The summed E-state index contributed by atoms with van der Waals surface area (Å²) in [4.78, 5) is 22.0. The topological polar surface area (TPSA) is 68.5 Å². The van der Waals surface area contributed by atoms with Gasteiger partial charge in [0.25, 0.3) is 0 Å². The van der Waals surface area contributed by atoms with Crippen molar-refractivity contribution in [2.24, 2.45) is 0 Å². The number of benzene rings is 2. The van der Waals surface area contributed by atoms with Gasteiger partial charge in [-0.15, -0.1) is 0 Å². The molecular formula is C21H20ClNO4. The molecule has 0 saturated heterocycles. The van der Waals surface area contributed by atoms with Crippen LogP contribution in [0.5, 0.6) is 5.75 Å². The van der Waals surface area contributed by atoms with Crippen molar-refractivity contribution in [3.05, 3.63) is 63.8 Å². The van der Waals surface area contributed by atoms with Gasteiger partial charge in [-0.2, -0.15) is 0 Å². The van der Waals surface area contributed by atoms with Crippen LogP contribution in [0.3, 0.4) is 0 Å². The molecule has 1 N–H and O–H groups in total. The lowest BCUT2D eigenvalue weighted by molar-refractivity contribution is -0.113. The molecule has 1 heterocycles. The first-order chi connectivity index (χ1) is 12.8. The van der Waals surface area contributed by atoms with Crippen molar-refractivity contribution in [3.8, 4) is 5.75 Å². The molecule has 0 aliphatic carbocycles. The highest BCUT2D eigenvalue weighted by Gasteiger charge is 2.15. The number of carbonyl (C=O) groups excluding carboxylic acids is 1. The average Bonchev–Trinajstić information content (AvgIpc) is 2.88. The summed E-state index contributed by atoms with van der Waals surface area (Å²) in [5.74, 6) is -0.399. The summed E-state index contributed by atoms with van der Waals surface area (Å²) in [5, 5.41) is 10.7. The van der Waals surface area contributed by atoms with E-state index in [1.54, 1.807) is 31.2 Å². The van der Waals surface area contributed by atoms with E-state index >= 15 is 0 Å². The third-order valence-corrected chi connectivity index (χ3v) is 5.10. The zero-order valence-corrected chi connectivity index (χ0v) is 16.1. The lowest BCUT2D eigenvalue weighted by Crippen LogP contribution is -2.12. The molecule has 0 fully saturated rings. The van der Waals surface area contributed by atoms with Gasteiger partial charge < -0.3 is 14.4 Å². The number of ether oxygens (including phenoxy) is 1. The van der Waals surface area contributed by atoms with Crippen molar-refractivity contribution in [3.63, 3.8) is 0 Å². The van der Waals surface area contributed by atoms with Gasteiger partial charge in [0.2, 0.25) is 0 Å². The van der Waals surface area contributed by atoms with Crippen molar-refractivity contribution in [1.29, 1.82) is 0 Å². The van der Waals surface area contributed by atoms with Gasteiger partial charge >= 0.3 is 5.97 Å². The number of hydrogen-bond donors (Lipinski definition) is 1. The molecule has 0 unspecified atom stereocenters. The van der Waals surface area contributed by atoms with Crippen LogP contribution < -0.4 is 4.74 Å². The summed E-state index contributed by atoms with van der Waals surface area (Å²) in [7, 11) is 0. The monoisotopic (exact) mass is 385 g/mol. The van der Waals surface area contributed by atoms with Crippen LogP contribution in [0.2, 0.25) is 5.02 Å². The Kier molecular flexibility index (Phi) is 5.24. The van der Waals surface area contributed by atoms with Crippen LogP contribution in [0, 0.1) is 13.8 Å². The molecule has 140 valence electrons. The Morgan fingerprint density at radius 1 is 1.26 bits per heavy atom. The van der Waals surface area contributed by atoms with E-state index in [2.05, 4.69) is 4.57 Å². The van der Waals surface area contributed by atoms with Crippen LogP contribution in [-0.4, -0.2) is 28.0 Å². The van der Waals surface area contributed by atoms with E-state index in [1.807, 2.05) is 26.0 Å². The zero-order valence-electron chi connectivity index (χ0n) is 15.3. The fourth-order valence-electron chi connectivity index (χ4n) is 3.13. The van der Waals surface area contributed by atoms with Crippen LogP contribution in [0.15, 0.2) is 36.4 Å². The normalized spacial score (nSPS) is 12.1. The highest BCUT2D eigenvalue weighted by Crippen LogP contribution is 2.30. The van der Waals surface area contributed by atoms with E-state index in [-0.39, 0.29) is 5.56 Å². The van der Waals surface area contributed by atoms with Gasteiger partial charge in [-0.25, -0.2) is 4.79 Å². The van der Waals surface area contributed by atoms with Crippen LogP contribution in [-0.2, 0) is 11.3 Å². The number of aromatic carboxylic acids is 1. The Bertz CT molecular complexity index is 1040. The molecule has 1 atom stereocenters. The fraction of sp³-hybridized carbons (Fsp3) is 0.238. The highest BCUT2D eigenvalue weighted by molar-refractivity contribution is 6.31. The van der Waals surface area contributed by atoms with E-state index in [0.29, 0.717) is 17.3 Å². The van der Waals surface area contributed by atoms with Crippen LogP contribution in [0.4, 0.5) is 0 Å².